The molecule has 3 nitrogen and oxygen atoms in total. The van der Waals surface area contributed by atoms with Crippen molar-refractivity contribution in [3.05, 3.63) is 59.1 Å². The summed E-state index contributed by atoms with van der Waals surface area (Å²) < 4.78 is 12.2. The highest BCUT2D eigenvalue weighted by atomic mass is 35.5. The number of rotatable bonds is 4. The number of halogens is 1. The second-order valence-corrected chi connectivity index (χ2v) is 5.85. The standard InChI is InChI=1S/C14H11ClO3S/c15-11-3-7-13(8-4-11)19(18)12-5-1-10(2-6-12)9-14(16)17/h1-8H,9H2,(H,16,17). The lowest BCUT2D eigenvalue weighted by Crippen LogP contribution is -2.00. The lowest BCUT2D eigenvalue weighted by molar-refractivity contribution is -0.136. The zero-order valence-corrected chi connectivity index (χ0v) is 11.4. The van der Waals surface area contributed by atoms with Crippen LogP contribution in [0.5, 0.6) is 0 Å². The molecule has 5 heteroatoms. The minimum Gasteiger partial charge on any atom is -0.481 e. The topological polar surface area (TPSA) is 54.4 Å². The van der Waals surface area contributed by atoms with Crippen LogP contribution in [0.2, 0.25) is 5.02 Å². The molecule has 19 heavy (non-hydrogen) atoms. The summed E-state index contributed by atoms with van der Waals surface area (Å²) in [6, 6.07) is 13.5. The third-order valence-electron chi connectivity index (χ3n) is 2.52. The third-order valence-corrected chi connectivity index (χ3v) is 4.17. The van der Waals surface area contributed by atoms with Crippen LogP contribution in [0.4, 0.5) is 0 Å². The van der Waals surface area contributed by atoms with Gasteiger partial charge in [0, 0.05) is 14.8 Å². The third kappa shape index (κ3) is 3.66. The van der Waals surface area contributed by atoms with E-state index in [0.717, 1.165) is 0 Å². The molecule has 0 aliphatic carbocycles. The fourth-order valence-corrected chi connectivity index (χ4v) is 2.76. The smallest absolute Gasteiger partial charge is 0.307 e. The minimum atomic E-state index is -1.28. The average Bonchev–Trinajstić information content (AvgIpc) is 2.39. The quantitative estimate of drug-likeness (QED) is 0.942. The molecule has 0 amide bonds. The zero-order valence-electron chi connectivity index (χ0n) is 9.88. The van der Waals surface area contributed by atoms with Gasteiger partial charge in [-0.3, -0.25) is 4.79 Å². The highest BCUT2D eigenvalue weighted by molar-refractivity contribution is 7.85. The Hall–Kier alpha value is -1.65. The van der Waals surface area contributed by atoms with Gasteiger partial charge in [-0.05, 0) is 42.0 Å². The summed E-state index contributed by atoms with van der Waals surface area (Å²) in [7, 11) is -1.28. The van der Waals surface area contributed by atoms with Crippen molar-refractivity contribution in [3.63, 3.8) is 0 Å². The van der Waals surface area contributed by atoms with E-state index in [1.165, 1.54) is 0 Å². The Kier molecular flexibility index (Phi) is 4.35. The predicted octanol–water partition coefficient (Wildman–Crippen LogP) is 3.13. The van der Waals surface area contributed by atoms with Crippen molar-refractivity contribution in [2.45, 2.75) is 16.2 Å². The summed E-state index contributed by atoms with van der Waals surface area (Å²) in [6.45, 7) is 0. The second kappa shape index (κ2) is 5.99. The van der Waals surface area contributed by atoms with Crippen molar-refractivity contribution in [1.29, 1.82) is 0 Å². The largest absolute Gasteiger partial charge is 0.481 e. The number of hydrogen-bond donors (Lipinski definition) is 1. The summed E-state index contributed by atoms with van der Waals surface area (Å²) in [5, 5.41) is 9.27. The Morgan fingerprint density at radius 2 is 1.47 bits per heavy atom. The number of hydrogen-bond acceptors (Lipinski definition) is 2. The first-order valence-electron chi connectivity index (χ1n) is 5.54. The van der Waals surface area contributed by atoms with E-state index in [4.69, 9.17) is 16.7 Å². The Bertz CT molecular complexity index is 606. The van der Waals surface area contributed by atoms with Gasteiger partial charge >= 0.3 is 5.97 Å². The fraction of sp³-hybridized carbons (Fsp3) is 0.0714. The van der Waals surface area contributed by atoms with E-state index >= 15 is 0 Å². The molecule has 98 valence electrons. The van der Waals surface area contributed by atoms with E-state index in [0.29, 0.717) is 20.4 Å². The fourth-order valence-electron chi connectivity index (χ4n) is 1.60. The van der Waals surface area contributed by atoms with Crippen LogP contribution in [-0.2, 0) is 22.0 Å². The lowest BCUT2D eigenvalue weighted by Gasteiger charge is -2.04. The summed E-state index contributed by atoms with van der Waals surface area (Å²) in [5.41, 5.74) is 0.685. The van der Waals surface area contributed by atoms with E-state index < -0.39 is 16.8 Å². The van der Waals surface area contributed by atoms with Gasteiger partial charge in [0.2, 0.25) is 0 Å². The lowest BCUT2D eigenvalue weighted by atomic mass is 10.2. The molecule has 0 saturated carbocycles. The van der Waals surface area contributed by atoms with Gasteiger partial charge in [0.25, 0.3) is 0 Å². The average molecular weight is 295 g/mol. The van der Waals surface area contributed by atoms with Gasteiger partial charge in [0.1, 0.15) is 0 Å². The zero-order chi connectivity index (χ0) is 13.8. The number of carboxylic acids is 1. The first-order valence-corrected chi connectivity index (χ1v) is 7.07. The second-order valence-electron chi connectivity index (χ2n) is 3.94. The van der Waals surface area contributed by atoms with Crippen molar-refractivity contribution < 1.29 is 14.1 Å². The molecule has 2 aromatic carbocycles. The van der Waals surface area contributed by atoms with Gasteiger partial charge in [-0.1, -0.05) is 23.7 Å². The van der Waals surface area contributed by atoms with Gasteiger partial charge in [0.05, 0.1) is 17.2 Å². The molecule has 0 saturated heterocycles. The molecule has 1 unspecified atom stereocenters. The molecule has 0 bridgehead atoms. The van der Waals surface area contributed by atoms with Gasteiger partial charge in [-0.25, -0.2) is 4.21 Å². The van der Waals surface area contributed by atoms with Gasteiger partial charge in [0.15, 0.2) is 0 Å². The molecule has 0 heterocycles. The first-order chi connectivity index (χ1) is 9.06. The number of carbonyl (C=O) groups is 1. The summed E-state index contributed by atoms with van der Waals surface area (Å²) in [5.74, 6) is -0.883. The van der Waals surface area contributed by atoms with Crippen molar-refractivity contribution >= 4 is 28.4 Å². The van der Waals surface area contributed by atoms with Crippen molar-refractivity contribution in [3.8, 4) is 0 Å². The Labute approximate surface area is 118 Å². The maximum absolute atomic E-state index is 12.2. The highest BCUT2D eigenvalue weighted by Gasteiger charge is 2.07. The van der Waals surface area contributed by atoms with E-state index in [1.54, 1.807) is 48.5 Å². The molecule has 0 fully saturated rings. The molecular weight excluding hydrogens is 284 g/mol. The maximum Gasteiger partial charge on any atom is 0.307 e. The number of aliphatic carboxylic acids is 1. The van der Waals surface area contributed by atoms with Gasteiger partial charge < -0.3 is 5.11 Å². The SMILES string of the molecule is O=C(O)Cc1ccc(S(=O)c2ccc(Cl)cc2)cc1. The van der Waals surface area contributed by atoms with Gasteiger partial charge in [-0.15, -0.1) is 0 Å². The van der Waals surface area contributed by atoms with Crippen LogP contribution in [0.25, 0.3) is 0 Å². The van der Waals surface area contributed by atoms with E-state index in [9.17, 15) is 9.00 Å². The molecule has 0 spiro atoms. The number of benzene rings is 2. The Balaban J connectivity index is 2.20. The molecule has 2 aromatic rings. The van der Waals surface area contributed by atoms with E-state index in [1.807, 2.05) is 0 Å². The van der Waals surface area contributed by atoms with Crippen LogP contribution >= 0.6 is 11.6 Å². The summed E-state index contributed by atoms with van der Waals surface area (Å²) in [4.78, 5) is 11.9. The molecule has 2 rings (SSSR count). The van der Waals surface area contributed by atoms with Crippen LogP contribution in [0.15, 0.2) is 58.3 Å². The first kappa shape index (κ1) is 13.8. The van der Waals surface area contributed by atoms with Crippen LogP contribution in [0.3, 0.4) is 0 Å². The van der Waals surface area contributed by atoms with E-state index in [2.05, 4.69) is 0 Å². The predicted molar refractivity (Wildman–Crippen MR) is 73.9 cm³/mol. The van der Waals surface area contributed by atoms with Crippen LogP contribution in [-0.4, -0.2) is 15.3 Å². The molecular formula is C14H11ClO3S. The van der Waals surface area contributed by atoms with Crippen molar-refractivity contribution in [2.24, 2.45) is 0 Å². The molecule has 1 atom stereocenters. The Morgan fingerprint density at radius 1 is 1.00 bits per heavy atom. The van der Waals surface area contributed by atoms with E-state index in [-0.39, 0.29) is 6.42 Å². The van der Waals surface area contributed by atoms with Gasteiger partial charge in [-0.2, -0.15) is 0 Å². The Morgan fingerprint density at radius 3 is 1.95 bits per heavy atom. The van der Waals surface area contributed by atoms with Crippen LogP contribution < -0.4 is 0 Å². The van der Waals surface area contributed by atoms with Crippen LogP contribution in [0.1, 0.15) is 5.56 Å². The van der Waals surface area contributed by atoms with Crippen molar-refractivity contribution in [1.82, 2.24) is 0 Å². The molecule has 0 aromatic heterocycles. The molecule has 0 aliphatic heterocycles. The van der Waals surface area contributed by atoms with Crippen LogP contribution in [0, 0.1) is 0 Å². The van der Waals surface area contributed by atoms with Crippen molar-refractivity contribution in [2.75, 3.05) is 0 Å². The summed E-state index contributed by atoms with van der Waals surface area (Å²) >= 11 is 5.78. The number of carboxylic acid groups (broad SMARTS) is 1. The highest BCUT2D eigenvalue weighted by Crippen LogP contribution is 2.19. The monoisotopic (exact) mass is 294 g/mol. The molecule has 1 N–H and O–H groups in total. The molecule has 0 radical (unpaired) electrons. The normalized spacial score (nSPS) is 12.1. The maximum atomic E-state index is 12.2. The molecule has 0 aliphatic rings. The summed E-state index contributed by atoms with van der Waals surface area (Å²) in [6.07, 6.45) is -0.0339. The minimum absolute atomic E-state index is 0.0339.